The minimum Gasteiger partial charge on any atom is -0.478 e. The molecule has 0 bridgehead atoms. The van der Waals surface area contributed by atoms with Gasteiger partial charge >= 0.3 is 5.97 Å². The number of aromatic nitrogens is 2. The highest BCUT2D eigenvalue weighted by Gasteiger charge is 2.00. The first-order chi connectivity index (χ1) is 7.00. The lowest BCUT2D eigenvalue weighted by atomic mass is 10.4. The highest BCUT2D eigenvalue weighted by atomic mass is 16.4. The Labute approximate surface area is 86.7 Å². The van der Waals surface area contributed by atoms with Crippen molar-refractivity contribution in [2.75, 3.05) is 0 Å². The molecular formula is C10H12N2O3. The van der Waals surface area contributed by atoms with Crippen molar-refractivity contribution in [2.45, 2.75) is 20.4 Å². The van der Waals surface area contributed by atoms with Crippen LogP contribution in [-0.4, -0.2) is 20.6 Å². The molecule has 0 atom stereocenters. The first kappa shape index (κ1) is 11.2. The van der Waals surface area contributed by atoms with E-state index >= 15 is 0 Å². The second kappa shape index (κ2) is 4.54. The molecule has 0 aromatic carbocycles. The van der Waals surface area contributed by atoms with Gasteiger partial charge in [0.2, 0.25) is 0 Å². The number of carbonyl (C=O) groups is 1. The molecule has 0 radical (unpaired) electrons. The van der Waals surface area contributed by atoms with Gasteiger partial charge in [-0.15, -0.1) is 0 Å². The number of carboxylic acids is 1. The van der Waals surface area contributed by atoms with E-state index in [2.05, 4.69) is 4.98 Å². The normalized spacial score (nSPS) is 10.8. The number of aliphatic carboxylic acids is 1. The fourth-order valence-electron chi connectivity index (χ4n) is 1.24. The van der Waals surface area contributed by atoms with E-state index in [9.17, 15) is 9.59 Å². The first-order valence-electron chi connectivity index (χ1n) is 4.45. The summed E-state index contributed by atoms with van der Waals surface area (Å²) in [7, 11) is 0. The highest BCUT2D eigenvalue weighted by Crippen LogP contribution is 1.93. The molecule has 0 aliphatic carbocycles. The second-order valence-electron chi connectivity index (χ2n) is 3.13. The summed E-state index contributed by atoms with van der Waals surface area (Å²) in [5.74, 6) is -0.448. The van der Waals surface area contributed by atoms with Gasteiger partial charge in [0.05, 0.1) is 0 Å². The van der Waals surface area contributed by atoms with E-state index in [0.29, 0.717) is 11.5 Å². The zero-order valence-electron chi connectivity index (χ0n) is 8.60. The lowest BCUT2D eigenvalue weighted by Gasteiger charge is -2.05. The second-order valence-corrected chi connectivity index (χ2v) is 3.13. The van der Waals surface area contributed by atoms with Crippen LogP contribution in [0.2, 0.25) is 0 Å². The molecule has 0 aliphatic rings. The maximum Gasteiger partial charge on any atom is 0.328 e. The number of nitrogens with zero attached hydrogens (tertiary/aromatic N) is 2. The zero-order valence-corrected chi connectivity index (χ0v) is 8.60. The molecule has 1 rings (SSSR count). The van der Waals surface area contributed by atoms with Crippen molar-refractivity contribution >= 4 is 5.97 Å². The van der Waals surface area contributed by atoms with Crippen LogP contribution in [0.5, 0.6) is 0 Å². The molecule has 0 fully saturated rings. The van der Waals surface area contributed by atoms with Crippen LogP contribution in [0.4, 0.5) is 0 Å². The molecule has 0 spiro atoms. The molecular weight excluding hydrogens is 196 g/mol. The Morgan fingerprint density at radius 3 is 2.80 bits per heavy atom. The van der Waals surface area contributed by atoms with Crippen LogP contribution in [0, 0.1) is 13.8 Å². The average Bonchev–Trinajstić information content (AvgIpc) is 2.08. The molecule has 0 unspecified atom stereocenters. The lowest BCUT2D eigenvalue weighted by Crippen LogP contribution is -2.22. The van der Waals surface area contributed by atoms with Gasteiger partial charge in [0.25, 0.3) is 5.56 Å². The largest absolute Gasteiger partial charge is 0.478 e. The molecule has 0 saturated carbocycles. The van der Waals surface area contributed by atoms with E-state index in [-0.39, 0.29) is 12.1 Å². The van der Waals surface area contributed by atoms with Crippen molar-refractivity contribution in [3.63, 3.8) is 0 Å². The molecule has 0 amide bonds. The molecule has 1 aromatic rings. The van der Waals surface area contributed by atoms with Gasteiger partial charge in [0.15, 0.2) is 0 Å². The number of rotatable bonds is 3. The number of aryl methyl sites for hydroxylation is 2. The highest BCUT2D eigenvalue weighted by molar-refractivity contribution is 5.79. The van der Waals surface area contributed by atoms with Crippen molar-refractivity contribution in [1.29, 1.82) is 0 Å². The van der Waals surface area contributed by atoms with E-state index in [1.165, 1.54) is 16.7 Å². The van der Waals surface area contributed by atoms with Crippen molar-refractivity contribution in [1.82, 2.24) is 9.55 Å². The van der Waals surface area contributed by atoms with Gasteiger partial charge in [0.1, 0.15) is 5.82 Å². The Hall–Kier alpha value is -1.91. The minimum atomic E-state index is -1.03. The van der Waals surface area contributed by atoms with Crippen LogP contribution >= 0.6 is 0 Å². The van der Waals surface area contributed by atoms with E-state index < -0.39 is 5.97 Å². The molecule has 0 aliphatic heterocycles. The topological polar surface area (TPSA) is 72.2 Å². The average molecular weight is 208 g/mol. The van der Waals surface area contributed by atoms with Crippen molar-refractivity contribution < 1.29 is 9.90 Å². The van der Waals surface area contributed by atoms with Gasteiger partial charge in [-0.25, -0.2) is 9.78 Å². The van der Waals surface area contributed by atoms with Gasteiger partial charge in [-0.1, -0.05) is 6.08 Å². The zero-order chi connectivity index (χ0) is 11.4. The molecule has 0 saturated heterocycles. The van der Waals surface area contributed by atoms with Crippen LogP contribution in [0.25, 0.3) is 0 Å². The van der Waals surface area contributed by atoms with Crippen molar-refractivity contribution in [2.24, 2.45) is 0 Å². The molecule has 15 heavy (non-hydrogen) atoms. The van der Waals surface area contributed by atoms with E-state index in [0.717, 1.165) is 6.08 Å². The third-order valence-corrected chi connectivity index (χ3v) is 1.88. The Morgan fingerprint density at radius 2 is 2.27 bits per heavy atom. The monoisotopic (exact) mass is 208 g/mol. The van der Waals surface area contributed by atoms with Gasteiger partial charge in [-0.3, -0.25) is 9.36 Å². The van der Waals surface area contributed by atoms with Gasteiger partial charge in [0, 0.05) is 24.4 Å². The summed E-state index contributed by atoms with van der Waals surface area (Å²) in [4.78, 5) is 25.8. The molecule has 1 heterocycles. The SMILES string of the molecule is Cc1cc(=O)n(C/C=C/C(=O)O)c(C)n1. The van der Waals surface area contributed by atoms with Gasteiger partial charge in [-0.05, 0) is 13.8 Å². The summed E-state index contributed by atoms with van der Waals surface area (Å²) >= 11 is 0. The Bertz CT molecular complexity index is 460. The number of allylic oxidation sites excluding steroid dienone is 1. The third kappa shape index (κ3) is 3.05. The summed E-state index contributed by atoms with van der Waals surface area (Å²) in [6.07, 6.45) is 2.42. The Kier molecular flexibility index (Phi) is 3.38. The van der Waals surface area contributed by atoms with Crippen molar-refractivity contribution in [3.8, 4) is 0 Å². The molecule has 1 N–H and O–H groups in total. The van der Waals surface area contributed by atoms with Crippen LogP contribution in [0.3, 0.4) is 0 Å². The lowest BCUT2D eigenvalue weighted by molar-refractivity contribution is -0.131. The summed E-state index contributed by atoms with van der Waals surface area (Å²) in [5, 5.41) is 8.38. The Balaban J connectivity index is 2.96. The molecule has 5 nitrogen and oxygen atoms in total. The molecule has 5 heteroatoms. The molecule has 1 aromatic heterocycles. The third-order valence-electron chi connectivity index (χ3n) is 1.88. The number of carboxylic acid groups (broad SMARTS) is 1. The summed E-state index contributed by atoms with van der Waals surface area (Å²) in [5.41, 5.74) is 0.492. The fraction of sp³-hybridized carbons (Fsp3) is 0.300. The molecule has 80 valence electrons. The number of hydrogen-bond acceptors (Lipinski definition) is 3. The van der Waals surface area contributed by atoms with E-state index in [1.807, 2.05) is 0 Å². The fourth-order valence-corrected chi connectivity index (χ4v) is 1.24. The quantitative estimate of drug-likeness (QED) is 0.734. The summed E-state index contributed by atoms with van der Waals surface area (Å²) in [6.45, 7) is 3.68. The standard InChI is InChI=1S/C10H12N2O3/c1-7-6-9(13)12(8(2)11-7)5-3-4-10(14)15/h3-4,6H,5H2,1-2H3,(H,14,15)/b4-3+. The van der Waals surface area contributed by atoms with Crippen molar-refractivity contribution in [3.05, 3.63) is 40.1 Å². The first-order valence-corrected chi connectivity index (χ1v) is 4.45. The van der Waals surface area contributed by atoms with Crippen LogP contribution in [-0.2, 0) is 11.3 Å². The predicted molar refractivity (Wildman–Crippen MR) is 54.7 cm³/mol. The predicted octanol–water partition coefficient (Wildman–Crippen LogP) is 0.501. The van der Waals surface area contributed by atoms with E-state index in [4.69, 9.17) is 5.11 Å². The van der Waals surface area contributed by atoms with Crippen LogP contribution < -0.4 is 5.56 Å². The van der Waals surface area contributed by atoms with Gasteiger partial charge < -0.3 is 5.11 Å². The maximum absolute atomic E-state index is 11.5. The minimum absolute atomic E-state index is 0.171. The van der Waals surface area contributed by atoms with E-state index in [1.54, 1.807) is 13.8 Å². The smallest absolute Gasteiger partial charge is 0.328 e. The number of hydrogen-bond donors (Lipinski definition) is 1. The Morgan fingerprint density at radius 1 is 1.60 bits per heavy atom. The van der Waals surface area contributed by atoms with Crippen LogP contribution in [0.15, 0.2) is 23.0 Å². The van der Waals surface area contributed by atoms with Crippen LogP contribution in [0.1, 0.15) is 11.5 Å². The summed E-state index contributed by atoms with van der Waals surface area (Å²) in [6, 6.07) is 1.42. The summed E-state index contributed by atoms with van der Waals surface area (Å²) < 4.78 is 1.41. The van der Waals surface area contributed by atoms with Gasteiger partial charge in [-0.2, -0.15) is 0 Å². The maximum atomic E-state index is 11.5.